The van der Waals surface area contributed by atoms with Crippen molar-refractivity contribution >= 4 is 6.16 Å². The van der Waals surface area contributed by atoms with Gasteiger partial charge in [0.05, 0.1) is 13.2 Å². The van der Waals surface area contributed by atoms with E-state index in [0.717, 1.165) is 0 Å². The lowest BCUT2D eigenvalue weighted by molar-refractivity contribution is 0.0669. The predicted molar refractivity (Wildman–Crippen MR) is 29.4 cm³/mol. The van der Waals surface area contributed by atoms with Gasteiger partial charge in [-0.1, -0.05) is 0 Å². The van der Waals surface area contributed by atoms with Crippen LogP contribution in [-0.4, -0.2) is 19.4 Å². The van der Waals surface area contributed by atoms with Crippen LogP contribution in [0.15, 0.2) is 0 Å². The summed E-state index contributed by atoms with van der Waals surface area (Å²) in [6.07, 6.45) is -0.650. The maximum Gasteiger partial charge on any atom is 1.00 e. The molecule has 0 aliphatic rings. The van der Waals surface area contributed by atoms with Gasteiger partial charge in [0.1, 0.15) is 0 Å². The number of rotatable bonds is 2. The van der Waals surface area contributed by atoms with Gasteiger partial charge >= 0.3 is 7.58 Å². The predicted octanol–water partition coefficient (Wildman–Crippen LogP) is 1.11. The summed E-state index contributed by atoms with van der Waals surface area (Å²) in [4.78, 5) is 10.2. The Hall–Kier alpha value is -0.730. The minimum absolute atomic E-state index is 0. The number of hydrogen-bond donors (Lipinski definition) is 0. The summed E-state index contributed by atoms with van der Waals surface area (Å²) in [5.41, 5.74) is 0. The first-order valence-corrected chi connectivity index (χ1v) is 2.40. The molecule has 0 aromatic rings. The molecule has 0 bridgehead atoms. The van der Waals surface area contributed by atoms with Crippen LogP contribution in [0.25, 0.3) is 0 Å². The van der Waals surface area contributed by atoms with Crippen LogP contribution in [0.3, 0.4) is 0 Å². The van der Waals surface area contributed by atoms with E-state index in [-0.39, 0.29) is 8.03 Å². The highest BCUT2D eigenvalue weighted by Crippen LogP contribution is 1.81. The van der Waals surface area contributed by atoms with Crippen molar-refractivity contribution in [1.82, 2.24) is 0 Å². The average molecular weight is 118 g/mol. The van der Waals surface area contributed by atoms with E-state index in [1.54, 1.807) is 6.92 Å². The minimum atomic E-state index is -0.650. The van der Waals surface area contributed by atoms with E-state index in [0.29, 0.717) is 6.61 Å². The third-order valence-corrected chi connectivity index (χ3v) is 0.482. The van der Waals surface area contributed by atoms with Crippen molar-refractivity contribution in [2.45, 2.75) is 6.92 Å². The van der Waals surface area contributed by atoms with Crippen LogP contribution in [-0.2, 0) is 9.47 Å². The summed E-state index contributed by atoms with van der Waals surface area (Å²) < 4.78 is 8.69. The average Bonchev–Trinajstić information content (AvgIpc) is 1.68. The third kappa shape index (κ3) is 3.46. The zero-order valence-electron chi connectivity index (χ0n) is 5.85. The number of carbonyl (C=O) groups is 1. The number of carbonyl (C=O) groups excluding carboxylic acids is 1. The summed E-state index contributed by atoms with van der Waals surface area (Å²) in [6.45, 7) is 5.47. The molecular weight excluding hydrogens is 108 g/mol. The van der Waals surface area contributed by atoms with E-state index in [1.807, 2.05) is 0 Å². The Morgan fingerprint density at radius 2 is 2.38 bits per heavy atom. The topological polar surface area (TPSA) is 35.5 Å². The lowest BCUT2D eigenvalue weighted by atomic mass is 10.8. The molecule has 3 nitrogen and oxygen atoms in total. The van der Waals surface area contributed by atoms with Crippen LogP contribution in [0.2, 0.25) is 0 Å². The van der Waals surface area contributed by atoms with Gasteiger partial charge in [-0.25, -0.2) is 4.79 Å². The first-order chi connectivity index (χ1) is 3.81. The summed E-state index contributed by atoms with van der Waals surface area (Å²) in [5.74, 6) is 0. The van der Waals surface area contributed by atoms with Gasteiger partial charge in [-0.05, 0) is 13.8 Å². The van der Waals surface area contributed by atoms with E-state index in [2.05, 4.69) is 16.4 Å². The second kappa shape index (κ2) is 4.43. The van der Waals surface area contributed by atoms with Crippen LogP contribution in [0.1, 0.15) is 8.35 Å². The molecule has 0 amide bonds. The fourth-order valence-electron chi connectivity index (χ4n) is 0.243. The highest BCUT2D eigenvalue weighted by atomic mass is 16.7. The van der Waals surface area contributed by atoms with Crippen molar-refractivity contribution in [2.75, 3.05) is 13.2 Å². The largest absolute Gasteiger partial charge is 1.00 e. The van der Waals surface area contributed by atoms with E-state index < -0.39 is 6.16 Å². The second-order valence-corrected chi connectivity index (χ2v) is 1.03. The number of hydrogen-bond acceptors (Lipinski definition) is 3. The van der Waals surface area contributed by atoms with Gasteiger partial charge in [-0.3, -0.25) is 0 Å². The molecule has 0 aliphatic heterocycles. The summed E-state index contributed by atoms with van der Waals surface area (Å²) in [5, 5.41) is 0. The molecule has 8 heavy (non-hydrogen) atoms. The molecule has 47 valence electrons. The van der Waals surface area contributed by atoms with Gasteiger partial charge in [0, 0.05) is 0 Å². The molecule has 0 spiro atoms. The molecule has 0 aliphatic carbocycles. The van der Waals surface area contributed by atoms with E-state index >= 15 is 0 Å². The van der Waals surface area contributed by atoms with Gasteiger partial charge in [0.15, 0.2) is 0 Å². The lowest BCUT2D eigenvalue weighted by Gasteiger charge is -1.98. The molecule has 0 aromatic carbocycles. The SMILES string of the molecule is [CH2]COC(=O)OCC.[H+]. The monoisotopic (exact) mass is 118 g/mol. The van der Waals surface area contributed by atoms with Gasteiger partial charge in [0.2, 0.25) is 0 Å². The molecule has 0 saturated heterocycles. The quantitative estimate of drug-likeness (QED) is 0.509. The fourth-order valence-corrected chi connectivity index (χ4v) is 0.243. The molecule has 0 atom stereocenters. The van der Waals surface area contributed by atoms with Crippen LogP contribution < -0.4 is 0 Å². The Morgan fingerprint density at radius 3 is 2.75 bits per heavy atom. The molecule has 0 aromatic heterocycles. The Labute approximate surface area is 50.1 Å². The van der Waals surface area contributed by atoms with Crippen LogP contribution >= 0.6 is 0 Å². The van der Waals surface area contributed by atoms with E-state index in [4.69, 9.17) is 0 Å². The Morgan fingerprint density at radius 1 is 1.75 bits per heavy atom. The van der Waals surface area contributed by atoms with Gasteiger partial charge < -0.3 is 9.47 Å². The zero-order chi connectivity index (χ0) is 6.41. The van der Waals surface area contributed by atoms with Gasteiger partial charge in [-0.15, -0.1) is 0 Å². The minimum Gasteiger partial charge on any atom is -0.435 e. The maximum atomic E-state index is 10.2. The number of ether oxygens (including phenoxy) is 2. The normalized spacial score (nSPS) is 8.25. The highest BCUT2D eigenvalue weighted by Gasteiger charge is 1.96. The highest BCUT2D eigenvalue weighted by molar-refractivity contribution is 5.59. The zero-order valence-corrected chi connectivity index (χ0v) is 4.85. The first-order valence-electron chi connectivity index (χ1n) is 2.40. The fraction of sp³-hybridized carbons (Fsp3) is 0.600. The molecule has 1 radical (unpaired) electrons. The second-order valence-electron chi connectivity index (χ2n) is 1.03. The van der Waals surface area contributed by atoms with Crippen molar-refractivity contribution in [3.63, 3.8) is 0 Å². The van der Waals surface area contributed by atoms with Crippen molar-refractivity contribution in [1.29, 1.82) is 0 Å². The van der Waals surface area contributed by atoms with Crippen molar-refractivity contribution in [3.05, 3.63) is 6.92 Å². The van der Waals surface area contributed by atoms with E-state index in [9.17, 15) is 4.79 Å². The maximum absolute atomic E-state index is 10.2. The molecular formula is C5H10O3+. The van der Waals surface area contributed by atoms with Gasteiger partial charge in [0.25, 0.3) is 0 Å². The summed E-state index contributed by atoms with van der Waals surface area (Å²) in [7, 11) is 0. The Balaban J connectivity index is 0. The molecule has 0 N–H and O–H groups in total. The summed E-state index contributed by atoms with van der Waals surface area (Å²) in [6, 6.07) is 0. The Bertz CT molecular complexity index is 66.6. The van der Waals surface area contributed by atoms with Crippen LogP contribution in [0.5, 0.6) is 0 Å². The molecule has 3 heteroatoms. The molecule has 0 saturated carbocycles. The van der Waals surface area contributed by atoms with Crippen molar-refractivity contribution < 1.29 is 15.7 Å². The lowest BCUT2D eigenvalue weighted by Crippen LogP contribution is -2.05. The Kier molecular flexibility index (Phi) is 4.03. The molecule has 0 unspecified atom stereocenters. The third-order valence-electron chi connectivity index (χ3n) is 0.482. The standard InChI is InChI=1S/C5H9O3/c1-3-7-5(6)8-4-2/h1,3-4H2,2H3/p+1. The van der Waals surface area contributed by atoms with Crippen LogP contribution in [0.4, 0.5) is 4.79 Å². The smallest absolute Gasteiger partial charge is 0.435 e. The van der Waals surface area contributed by atoms with Crippen molar-refractivity contribution in [2.24, 2.45) is 0 Å². The molecule has 0 rings (SSSR count). The van der Waals surface area contributed by atoms with Gasteiger partial charge in [-0.2, -0.15) is 0 Å². The van der Waals surface area contributed by atoms with Crippen molar-refractivity contribution in [3.8, 4) is 0 Å². The first kappa shape index (κ1) is 7.27. The van der Waals surface area contributed by atoms with E-state index in [1.165, 1.54) is 0 Å². The van der Waals surface area contributed by atoms with Crippen LogP contribution in [0, 0.1) is 6.92 Å². The summed E-state index contributed by atoms with van der Waals surface area (Å²) >= 11 is 0. The molecule has 0 heterocycles. The molecule has 0 fully saturated rings.